The Morgan fingerprint density at radius 1 is 1.23 bits per heavy atom. The van der Waals surface area contributed by atoms with Crippen LogP contribution in [0, 0.1) is 0 Å². The molecule has 5 nitrogen and oxygen atoms in total. The first-order valence-corrected chi connectivity index (χ1v) is 12.0. The Hall–Kier alpha value is -2.73. The van der Waals surface area contributed by atoms with E-state index in [4.69, 9.17) is 0 Å². The molecule has 31 heavy (non-hydrogen) atoms. The van der Waals surface area contributed by atoms with E-state index in [1.807, 2.05) is 22.5 Å². The number of likely N-dealkylation sites (tertiary alicyclic amines) is 1. The van der Waals surface area contributed by atoms with Crippen LogP contribution in [0.4, 0.5) is 0 Å². The number of carbonyl (C=O) groups is 2. The van der Waals surface area contributed by atoms with Gasteiger partial charge in [0.25, 0.3) is 0 Å². The highest BCUT2D eigenvalue weighted by molar-refractivity contribution is 7.09. The lowest BCUT2D eigenvalue weighted by Crippen LogP contribution is -2.45. The lowest BCUT2D eigenvalue weighted by molar-refractivity contribution is -0.132. The first-order chi connectivity index (χ1) is 15.1. The van der Waals surface area contributed by atoms with Crippen LogP contribution in [-0.4, -0.2) is 33.8 Å². The molecule has 0 spiro atoms. The number of rotatable bonds is 6. The average Bonchev–Trinajstić information content (AvgIpc) is 3.54. The van der Waals surface area contributed by atoms with Crippen molar-refractivity contribution >= 4 is 33.9 Å². The van der Waals surface area contributed by atoms with Gasteiger partial charge in [-0.05, 0) is 48.4 Å². The SMILES string of the molecule is O=C1CCC(CCC(=O)N2CCCC2c2nccs2)(Cc2cccc3ccccc23)N1. The van der Waals surface area contributed by atoms with Crippen molar-refractivity contribution in [2.75, 3.05) is 6.54 Å². The van der Waals surface area contributed by atoms with Crippen molar-refractivity contribution in [1.29, 1.82) is 0 Å². The van der Waals surface area contributed by atoms with Crippen molar-refractivity contribution in [3.05, 3.63) is 64.6 Å². The first-order valence-electron chi connectivity index (χ1n) is 11.1. The molecule has 2 amide bonds. The van der Waals surface area contributed by atoms with E-state index in [0.717, 1.165) is 37.2 Å². The summed E-state index contributed by atoms with van der Waals surface area (Å²) in [6.45, 7) is 0.797. The fourth-order valence-corrected chi connectivity index (χ4v) is 5.99. The van der Waals surface area contributed by atoms with Gasteiger partial charge in [0.05, 0.1) is 6.04 Å². The van der Waals surface area contributed by atoms with Crippen LogP contribution < -0.4 is 5.32 Å². The van der Waals surface area contributed by atoms with Crippen LogP contribution in [0.15, 0.2) is 54.0 Å². The van der Waals surface area contributed by atoms with Gasteiger partial charge in [0.15, 0.2) is 0 Å². The molecule has 6 heteroatoms. The summed E-state index contributed by atoms with van der Waals surface area (Å²) in [4.78, 5) is 31.8. The van der Waals surface area contributed by atoms with E-state index >= 15 is 0 Å². The molecule has 0 bridgehead atoms. The summed E-state index contributed by atoms with van der Waals surface area (Å²) >= 11 is 1.63. The fourth-order valence-electron chi connectivity index (χ4n) is 5.20. The van der Waals surface area contributed by atoms with Crippen molar-refractivity contribution < 1.29 is 9.59 Å². The largest absolute Gasteiger partial charge is 0.350 e. The molecule has 2 saturated heterocycles. The van der Waals surface area contributed by atoms with Crippen LogP contribution in [0.5, 0.6) is 0 Å². The predicted octanol–water partition coefficient (Wildman–Crippen LogP) is 4.63. The normalized spacial score (nSPS) is 23.4. The van der Waals surface area contributed by atoms with E-state index in [1.54, 1.807) is 11.3 Å². The summed E-state index contributed by atoms with van der Waals surface area (Å²) < 4.78 is 0. The second-order valence-corrected chi connectivity index (χ2v) is 9.69. The molecule has 2 aliphatic rings. The molecule has 160 valence electrons. The molecular weight excluding hydrogens is 406 g/mol. The maximum Gasteiger partial charge on any atom is 0.223 e. The minimum absolute atomic E-state index is 0.0921. The fraction of sp³-hybridized carbons (Fsp3) is 0.400. The molecule has 2 aliphatic heterocycles. The summed E-state index contributed by atoms with van der Waals surface area (Å²) in [7, 11) is 0. The zero-order valence-corrected chi connectivity index (χ0v) is 18.4. The third-order valence-corrected chi connectivity index (χ3v) is 7.65. The molecule has 5 rings (SSSR count). The third kappa shape index (κ3) is 4.09. The van der Waals surface area contributed by atoms with Crippen molar-refractivity contribution in [2.24, 2.45) is 0 Å². The predicted molar refractivity (Wildman–Crippen MR) is 123 cm³/mol. The molecule has 0 saturated carbocycles. The van der Waals surface area contributed by atoms with Crippen molar-refractivity contribution in [3.8, 4) is 0 Å². The van der Waals surface area contributed by atoms with Gasteiger partial charge >= 0.3 is 0 Å². The summed E-state index contributed by atoms with van der Waals surface area (Å²) in [5.74, 6) is 0.269. The number of benzene rings is 2. The van der Waals surface area contributed by atoms with E-state index in [1.165, 1.54) is 16.3 Å². The second-order valence-electron chi connectivity index (χ2n) is 8.76. The van der Waals surface area contributed by atoms with Gasteiger partial charge in [-0.2, -0.15) is 0 Å². The average molecular weight is 434 g/mol. The van der Waals surface area contributed by atoms with Crippen molar-refractivity contribution in [2.45, 2.75) is 56.5 Å². The lowest BCUT2D eigenvalue weighted by atomic mass is 9.83. The van der Waals surface area contributed by atoms with Gasteiger partial charge in [-0.3, -0.25) is 9.59 Å². The number of hydrogen-bond acceptors (Lipinski definition) is 4. The smallest absolute Gasteiger partial charge is 0.223 e. The highest BCUT2D eigenvalue weighted by atomic mass is 32.1. The Bertz CT molecular complexity index is 1090. The molecule has 2 aromatic carbocycles. The van der Waals surface area contributed by atoms with E-state index < -0.39 is 0 Å². The molecule has 1 aromatic heterocycles. The minimum atomic E-state index is -0.354. The molecule has 2 fully saturated rings. The Kier molecular flexibility index (Phi) is 5.48. The van der Waals surface area contributed by atoms with Crippen LogP contribution in [-0.2, 0) is 16.0 Å². The monoisotopic (exact) mass is 433 g/mol. The van der Waals surface area contributed by atoms with Gasteiger partial charge in [0, 0.05) is 36.5 Å². The van der Waals surface area contributed by atoms with E-state index in [-0.39, 0.29) is 23.4 Å². The Balaban J connectivity index is 1.33. The quantitative estimate of drug-likeness (QED) is 0.616. The summed E-state index contributed by atoms with van der Waals surface area (Å²) in [6.07, 6.45) is 7.00. The van der Waals surface area contributed by atoms with Gasteiger partial charge in [0.2, 0.25) is 11.8 Å². The summed E-state index contributed by atoms with van der Waals surface area (Å²) in [5.41, 5.74) is 0.877. The topological polar surface area (TPSA) is 62.3 Å². The molecular formula is C25H27N3O2S. The number of aromatic nitrogens is 1. The van der Waals surface area contributed by atoms with Gasteiger partial charge in [0.1, 0.15) is 5.01 Å². The van der Waals surface area contributed by atoms with E-state index in [0.29, 0.717) is 19.3 Å². The molecule has 3 aromatic rings. The molecule has 0 aliphatic carbocycles. The van der Waals surface area contributed by atoms with E-state index in [2.05, 4.69) is 46.7 Å². The maximum atomic E-state index is 13.2. The molecule has 2 atom stereocenters. The zero-order valence-electron chi connectivity index (χ0n) is 17.5. The Labute approximate surface area is 186 Å². The number of hydrogen-bond donors (Lipinski definition) is 1. The second kappa shape index (κ2) is 8.42. The van der Waals surface area contributed by atoms with Gasteiger partial charge in [-0.1, -0.05) is 42.5 Å². The number of fused-ring (bicyclic) bond motifs is 1. The van der Waals surface area contributed by atoms with E-state index in [9.17, 15) is 9.59 Å². The number of carbonyl (C=O) groups excluding carboxylic acids is 2. The van der Waals surface area contributed by atoms with Crippen LogP contribution in [0.2, 0.25) is 0 Å². The van der Waals surface area contributed by atoms with Crippen LogP contribution in [0.1, 0.15) is 55.1 Å². The summed E-state index contributed by atoms with van der Waals surface area (Å²) in [5, 5.41) is 8.68. The van der Waals surface area contributed by atoms with Crippen LogP contribution in [0.25, 0.3) is 10.8 Å². The lowest BCUT2D eigenvalue weighted by Gasteiger charge is -2.31. The van der Waals surface area contributed by atoms with Crippen LogP contribution >= 0.6 is 11.3 Å². The maximum absolute atomic E-state index is 13.2. The molecule has 1 N–H and O–H groups in total. The number of nitrogens with one attached hydrogen (secondary N) is 1. The standard InChI is InChI=1S/C25H27N3O2S/c29-22-10-12-25(27-22,17-19-7-3-6-18-5-1-2-8-20(18)19)13-11-23(30)28-15-4-9-21(28)24-26-14-16-31-24/h1-3,5-8,14,16,21H,4,9-13,15,17H2,(H,27,29). The third-order valence-electron chi connectivity index (χ3n) is 6.77. The van der Waals surface area contributed by atoms with Crippen molar-refractivity contribution in [1.82, 2.24) is 15.2 Å². The van der Waals surface area contributed by atoms with Crippen LogP contribution in [0.3, 0.4) is 0 Å². The number of nitrogens with zero attached hydrogens (tertiary/aromatic N) is 2. The Morgan fingerprint density at radius 3 is 2.90 bits per heavy atom. The van der Waals surface area contributed by atoms with Gasteiger partial charge in [-0.25, -0.2) is 4.98 Å². The summed E-state index contributed by atoms with van der Waals surface area (Å²) in [6, 6.07) is 14.8. The first kappa shape index (κ1) is 20.2. The van der Waals surface area contributed by atoms with Gasteiger partial charge in [-0.15, -0.1) is 11.3 Å². The highest BCUT2D eigenvalue weighted by Crippen LogP contribution is 2.36. The number of thiazole rings is 1. The van der Waals surface area contributed by atoms with Crippen molar-refractivity contribution in [3.63, 3.8) is 0 Å². The molecule has 3 heterocycles. The van der Waals surface area contributed by atoms with Gasteiger partial charge < -0.3 is 10.2 Å². The highest BCUT2D eigenvalue weighted by Gasteiger charge is 2.39. The molecule has 0 radical (unpaired) electrons. The minimum Gasteiger partial charge on any atom is -0.350 e. The Morgan fingerprint density at radius 2 is 2.10 bits per heavy atom. The zero-order chi connectivity index (χ0) is 21.3. The molecule has 2 unspecified atom stereocenters. The number of amides is 2.